The minimum Gasteiger partial charge on any atom is -0.280 e. The van der Waals surface area contributed by atoms with E-state index < -0.39 is 15.2 Å². The van der Waals surface area contributed by atoms with Gasteiger partial charge in [-0.2, -0.15) is 8.42 Å². The summed E-state index contributed by atoms with van der Waals surface area (Å²) in [6.07, 6.45) is 4.53. The molecule has 0 fully saturated rings. The zero-order valence-electron chi connectivity index (χ0n) is 8.82. The van der Waals surface area contributed by atoms with Crippen LogP contribution in [0.2, 0.25) is 0 Å². The SMILES string of the molecule is CCCCCCCC(=O)S(=O)(=O)O.[Na+]. The zero-order valence-corrected chi connectivity index (χ0v) is 11.6. The van der Waals surface area contributed by atoms with E-state index in [0.717, 1.165) is 25.7 Å². The summed E-state index contributed by atoms with van der Waals surface area (Å²) in [5, 5.41) is -1.07. The number of unbranched alkanes of at least 4 members (excludes halogenated alkanes) is 4. The van der Waals surface area contributed by atoms with E-state index in [1.165, 1.54) is 0 Å². The third kappa shape index (κ3) is 9.15. The monoisotopic (exact) mass is 231 g/mol. The Bertz CT molecular complexity index is 248. The van der Waals surface area contributed by atoms with Crippen molar-refractivity contribution in [1.29, 1.82) is 0 Å². The molecule has 0 atom stereocenters. The van der Waals surface area contributed by atoms with Crippen LogP contribution in [0.15, 0.2) is 0 Å². The zero-order chi connectivity index (χ0) is 10.3. The van der Waals surface area contributed by atoms with Crippen LogP contribution < -0.4 is 29.6 Å². The van der Waals surface area contributed by atoms with E-state index in [9.17, 15) is 13.2 Å². The van der Waals surface area contributed by atoms with E-state index in [2.05, 4.69) is 6.92 Å². The van der Waals surface area contributed by atoms with Gasteiger partial charge in [0.2, 0.25) is 0 Å². The molecule has 0 saturated heterocycles. The molecule has 0 saturated carbocycles. The molecule has 1 N–H and O–H groups in total. The minimum absolute atomic E-state index is 0. The number of hydrogen-bond acceptors (Lipinski definition) is 3. The standard InChI is InChI=1S/C8H16O4S.Na/c1-2-3-4-5-6-7-8(9)13(10,11)12;/h2-7H2,1H3,(H,10,11,12);/q;+1. The van der Waals surface area contributed by atoms with Crippen LogP contribution in [0, 0.1) is 0 Å². The summed E-state index contributed by atoms with van der Waals surface area (Å²) < 4.78 is 28.8. The van der Waals surface area contributed by atoms with Gasteiger partial charge in [-0.25, -0.2) is 0 Å². The second-order valence-corrected chi connectivity index (χ2v) is 4.42. The van der Waals surface area contributed by atoms with Crippen molar-refractivity contribution in [2.24, 2.45) is 0 Å². The fourth-order valence-corrected chi connectivity index (χ4v) is 1.40. The number of rotatable bonds is 6. The van der Waals surface area contributed by atoms with Crippen LogP contribution in [0.25, 0.3) is 0 Å². The molecule has 0 bridgehead atoms. The Morgan fingerprint density at radius 1 is 1.14 bits per heavy atom. The van der Waals surface area contributed by atoms with Crippen molar-refractivity contribution in [3.05, 3.63) is 0 Å². The molecule has 0 rings (SSSR count). The number of carbonyl (C=O) groups is 1. The Balaban J connectivity index is 0. The molecular formula is C8H16NaO4S+. The van der Waals surface area contributed by atoms with Crippen LogP contribution in [0.1, 0.15) is 45.4 Å². The second-order valence-electron chi connectivity index (χ2n) is 3.01. The fourth-order valence-electron chi connectivity index (χ4n) is 1.00. The first-order valence-electron chi connectivity index (χ1n) is 4.48. The number of carbonyl (C=O) groups excluding carboxylic acids is 1. The quantitative estimate of drug-likeness (QED) is 0.353. The molecule has 0 aromatic carbocycles. The topological polar surface area (TPSA) is 71.4 Å². The van der Waals surface area contributed by atoms with Gasteiger partial charge in [-0.3, -0.25) is 9.35 Å². The maximum atomic E-state index is 10.7. The Kier molecular flexibility index (Phi) is 10.7. The maximum absolute atomic E-state index is 10.7. The molecule has 0 spiro atoms. The average molecular weight is 231 g/mol. The molecule has 78 valence electrons. The van der Waals surface area contributed by atoms with Crippen LogP contribution in [-0.2, 0) is 14.9 Å². The van der Waals surface area contributed by atoms with Crippen molar-refractivity contribution >= 4 is 15.2 Å². The van der Waals surface area contributed by atoms with Gasteiger partial charge in [0, 0.05) is 6.42 Å². The van der Waals surface area contributed by atoms with E-state index >= 15 is 0 Å². The first kappa shape index (κ1) is 17.0. The predicted molar refractivity (Wildman–Crippen MR) is 49.9 cm³/mol. The first-order valence-corrected chi connectivity index (χ1v) is 5.92. The molecule has 0 unspecified atom stereocenters. The summed E-state index contributed by atoms with van der Waals surface area (Å²) in [7, 11) is -4.43. The summed E-state index contributed by atoms with van der Waals surface area (Å²) in [6, 6.07) is 0. The Morgan fingerprint density at radius 3 is 2.07 bits per heavy atom. The van der Waals surface area contributed by atoms with E-state index in [-0.39, 0.29) is 36.0 Å². The molecule has 0 aliphatic heterocycles. The van der Waals surface area contributed by atoms with Crippen LogP contribution in [0.4, 0.5) is 0 Å². The summed E-state index contributed by atoms with van der Waals surface area (Å²) >= 11 is 0. The largest absolute Gasteiger partial charge is 1.00 e. The predicted octanol–water partition coefficient (Wildman–Crippen LogP) is -1.23. The molecule has 0 aliphatic rings. The van der Waals surface area contributed by atoms with Gasteiger partial charge in [0.1, 0.15) is 0 Å². The third-order valence-corrected chi connectivity index (χ3v) is 2.55. The normalized spacial score (nSPS) is 10.7. The summed E-state index contributed by atoms with van der Waals surface area (Å²) in [4.78, 5) is 10.7. The molecule has 0 amide bonds. The Hall–Kier alpha value is 0.580. The van der Waals surface area contributed by atoms with Crippen molar-refractivity contribution < 1.29 is 47.3 Å². The van der Waals surface area contributed by atoms with Gasteiger partial charge in [0.05, 0.1) is 0 Å². The summed E-state index contributed by atoms with van der Waals surface area (Å²) in [5.41, 5.74) is 0. The van der Waals surface area contributed by atoms with Crippen molar-refractivity contribution in [3.63, 3.8) is 0 Å². The molecule has 0 aromatic rings. The Labute approximate surface area is 107 Å². The van der Waals surface area contributed by atoms with Crippen LogP contribution in [-0.4, -0.2) is 18.1 Å². The fraction of sp³-hybridized carbons (Fsp3) is 0.875. The van der Waals surface area contributed by atoms with E-state index in [1.807, 2.05) is 0 Å². The van der Waals surface area contributed by atoms with E-state index in [0.29, 0.717) is 6.42 Å². The van der Waals surface area contributed by atoms with Crippen molar-refractivity contribution in [2.75, 3.05) is 0 Å². The van der Waals surface area contributed by atoms with Gasteiger partial charge in [-0.1, -0.05) is 32.6 Å². The van der Waals surface area contributed by atoms with E-state index in [4.69, 9.17) is 4.55 Å². The first-order chi connectivity index (χ1) is 5.98. The van der Waals surface area contributed by atoms with Gasteiger partial charge < -0.3 is 0 Å². The van der Waals surface area contributed by atoms with Crippen LogP contribution in [0.3, 0.4) is 0 Å². The molecule has 0 radical (unpaired) electrons. The molecule has 0 aromatic heterocycles. The smallest absolute Gasteiger partial charge is 0.280 e. The molecule has 6 heteroatoms. The minimum atomic E-state index is -4.43. The number of hydrogen-bond donors (Lipinski definition) is 1. The maximum Gasteiger partial charge on any atom is 1.00 e. The van der Waals surface area contributed by atoms with Gasteiger partial charge in [-0.05, 0) is 6.42 Å². The molecule has 0 heterocycles. The van der Waals surface area contributed by atoms with Crippen molar-refractivity contribution in [3.8, 4) is 0 Å². The summed E-state index contributed by atoms with van der Waals surface area (Å²) in [6.45, 7) is 2.07. The van der Waals surface area contributed by atoms with Crippen molar-refractivity contribution in [2.45, 2.75) is 45.4 Å². The van der Waals surface area contributed by atoms with E-state index in [1.54, 1.807) is 0 Å². The second kappa shape index (κ2) is 8.85. The molecule has 14 heavy (non-hydrogen) atoms. The Morgan fingerprint density at radius 2 is 1.64 bits per heavy atom. The molecular weight excluding hydrogens is 215 g/mol. The third-order valence-electron chi connectivity index (χ3n) is 1.77. The average Bonchev–Trinajstić information content (AvgIpc) is 2.02. The van der Waals surface area contributed by atoms with Gasteiger partial charge in [0.25, 0.3) is 5.12 Å². The van der Waals surface area contributed by atoms with Crippen molar-refractivity contribution in [1.82, 2.24) is 0 Å². The van der Waals surface area contributed by atoms with Crippen LogP contribution in [0.5, 0.6) is 0 Å². The van der Waals surface area contributed by atoms with Crippen LogP contribution >= 0.6 is 0 Å². The van der Waals surface area contributed by atoms with Gasteiger partial charge in [-0.15, -0.1) is 0 Å². The van der Waals surface area contributed by atoms with Gasteiger partial charge in [0.15, 0.2) is 0 Å². The molecule has 4 nitrogen and oxygen atoms in total. The molecule has 0 aliphatic carbocycles. The van der Waals surface area contributed by atoms with Gasteiger partial charge >= 0.3 is 39.7 Å². The summed E-state index contributed by atoms with van der Waals surface area (Å²) in [5.74, 6) is 0.